The van der Waals surface area contributed by atoms with Crippen LogP contribution in [0.3, 0.4) is 0 Å². The number of nitrogens with zero attached hydrogens (tertiary/aromatic N) is 1. The Morgan fingerprint density at radius 3 is 2.88 bits per heavy atom. The van der Waals surface area contributed by atoms with Gasteiger partial charge in [-0.3, -0.25) is 4.99 Å². The topological polar surface area (TPSA) is 24.4 Å². The molecule has 1 atom stereocenters. The molecule has 0 aromatic heterocycles. The molecular weight excluding hydrogens is 228 g/mol. The van der Waals surface area contributed by atoms with Crippen LogP contribution in [0.1, 0.15) is 37.4 Å². The number of aryl methyl sites for hydroxylation is 1. The third kappa shape index (κ3) is 2.83. The number of thioether (sulfide) groups is 1. The maximum Gasteiger partial charge on any atom is 0.157 e. The summed E-state index contributed by atoms with van der Waals surface area (Å²) < 4.78 is 0. The highest BCUT2D eigenvalue weighted by Gasteiger charge is 2.23. The van der Waals surface area contributed by atoms with Gasteiger partial charge in [0.2, 0.25) is 0 Å². The van der Waals surface area contributed by atoms with E-state index in [0.717, 1.165) is 17.5 Å². The predicted molar refractivity (Wildman–Crippen MR) is 76.7 cm³/mol. The van der Waals surface area contributed by atoms with Crippen LogP contribution in [0.5, 0.6) is 0 Å². The molecule has 1 N–H and O–H groups in total. The van der Waals surface area contributed by atoms with Gasteiger partial charge in [-0.2, -0.15) is 0 Å². The van der Waals surface area contributed by atoms with Crippen molar-refractivity contribution in [3.8, 4) is 0 Å². The van der Waals surface area contributed by atoms with Gasteiger partial charge in [-0.15, -0.1) is 0 Å². The summed E-state index contributed by atoms with van der Waals surface area (Å²) in [5, 5.41) is 4.68. The van der Waals surface area contributed by atoms with Crippen molar-refractivity contribution in [2.24, 2.45) is 4.99 Å². The van der Waals surface area contributed by atoms with E-state index in [1.807, 2.05) is 25.6 Å². The van der Waals surface area contributed by atoms with Crippen molar-refractivity contribution in [2.75, 3.05) is 12.3 Å². The Morgan fingerprint density at radius 2 is 2.12 bits per heavy atom. The molecule has 2 aliphatic rings. The summed E-state index contributed by atoms with van der Waals surface area (Å²) in [5.41, 5.74) is 2.96. The van der Waals surface area contributed by atoms with E-state index in [2.05, 4.69) is 34.6 Å². The minimum absolute atomic E-state index is 0.491. The quantitative estimate of drug-likeness (QED) is 0.824. The normalized spacial score (nSPS) is 21.3. The van der Waals surface area contributed by atoms with Crippen molar-refractivity contribution >= 4 is 16.9 Å². The van der Waals surface area contributed by atoms with E-state index < -0.39 is 0 Å². The molecule has 3 rings (SSSR count). The Hall–Kier alpha value is -0.960. The van der Waals surface area contributed by atoms with Gasteiger partial charge in [0.25, 0.3) is 0 Å². The van der Waals surface area contributed by atoms with Crippen LogP contribution in [-0.2, 0) is 6.42 Å². The zero-order valence-corrected chi connectivity index (χ0v) is 11.4. The van der Waals surface area contributed by atoms with Gasteiger partial charge in [-0.1, -0.05) is 49.9 Å². The van der Waals surface area contributed by atoms with Crippen LogP contribution in [-0.4, -0.2) is 17.5 Å². The summed E-state index contributed by atoms with van der Waals surface area (Å²) >= 11 is 1.84. The van der Waals surface area contributed by atoms with Crippen molar-refractivity contribution in [3.05, 3.63) is 35.4 Å². The Morgan fingerprint density at radius 1 is 1.29 bits per heavy atom. The lowest BCUT2D eigenvalue weighted by molar-refractivity contribution is 0.644. The highest BCUT2D eigenvalue weighted by Crippen LogP contribution is 2.31. The predicted octanol–water partition coefficient (Wildman–Crippen LogP) is 3.39. The second kappa shape index (κ2) is 6.10. The smallest absolute Gasteiger partial charge is 0.157 e. The molecule has 0 saturated carbocycles. The largest absolute Gasteiger partial charge is 0.358 e. The lowest BCUT2D eigenvalue weighted by Gasteiger charge is -2.14. The molecule has 2 nitrogen and oxygen atoms in total. The summed E-state index contributed by atoms with van der Waals surface area (Å²) in [7, 11) is 0. The van der Waals surface area contributed by atoms with Crippen LogP contribution in [0.15, 0.2) is 29.3 Å². The number of hydrogen-bond donors (Lipinski definition) is 1. The Balaban J connectivity index is 0.000000514. The first-order chi connectivity index (χ1) is 8.43. The monoisotopic (exact) mass is 248 g/mol. The molecule has 92 valence electrons. The molecule has 1 aromatic rings. The van der Waals surface area contributed by atoms with Crippen LogP contribution in [0.2, 0.25) is 0 Å². The molecule has 0 fully saturated rings. The third-order valence-electron chi connectivity index (χ3n) is 3.02. The fourth-order valence-corrected chi connectivity index (χ4v) is 3.06. The van der Waals surface area contributed by atoms with Gasteiger partial charge in [-0.25, -0.2) is 0 Å². The van der Waals surface area contributed by atoms with Crippen molar-refractivity contribution < 1.29 is 0 Å². The summed E-state index contributed by atoms with van der Waals surface area (Å²) in [6, 6.07) is 9.22. The molecule has 0 radical (unpaired) electrons. The first kappa shape index (κ1) is 12.5. The Labute approximate surface area is 108 Å². The fraction of sp³-hybridized carbons (Fsp3) is 0.500. The van der Waals surface area contributed by atoms with E-state index >= 15 is 0 Å². The number of hydrogen-bond acceptors (Lipinski definition) is 3. The van der Waals surface area contributed by atoms with Gasteiger partial charge in [0, 0.05) is 5.75 Å². The minimum Gasteiger partial charge on any atom is -0.358 e. The molecule has 1 aliphatic heterocycles. The number of rotatable bonds is 1. The molecule has 0 bridgehead atoms. The summed E-state index contributed by atoms with van der Waals surface area (Å²) in [5.74, 6) is 1.14. The molecule has 0 amide bonds. The maximum absolute atomic E-state index is 4.44. The van der Waals surface area contributed by atoms with E-state index in [4.69, 9.17) is 0 Å². The molecule has 1 heterocycles. The molecule has 0 saturated heterocycles. The molecular formula is C14H20N2S. The standard InChI is InChI=1S/C12H14N2S.C2H6/c1-2-4-10-9(3-1)5-6-11(10)14-12-13-7-8-15-12;1-2/h1-4,11H,5-8H2,(H,13,14);1-2H3. The molecule has 17 heavy (non-hydrogen) atoms. The number of benzene rings is 1. The lowest BCUT2D eigenvalue weighted by Crippen LogP contribution is -2.23. The number of fused-ring (bicyclic) bond motifs is 1. The zero-order chi connectivity index (χ0) is 12.1. The van der Waals surface area contributed by atoms with Gasteiger partial charge < -0.3 is 5.32 Å². The molecule has 0 spiro atoms. The lowest BCUT2D eigenvalue weighted by atomic mass is 10.1. The summed E-state index contributed by atoms with van der Waals surface area (Å²) in [6.07, 6.45) is 2.41. The highest BCUT2D eigenvalue weighted by molar-refractivity contribution is 8.14. The van der Waals surface area contributed by atoms with Gasteiger partial charge in [0.05, 0.1) is 12.6 Å². The van der Waals surface area contributed by atoms with Gasteiger partial charge in [-0.05, 0) is 24.0 Å². The van der Waals surface area contributed by atoms with E-state index in [-0.39, 0.29) is 0 Å². The maximum atomic E-state index is 4.44. The molecule has 1 aromatic carbocycles. The SMILES string of the molecule is CC.c1ccc2c(c1)CCC2NC1=NCCS1. The minimum atomic E-state index is 0.491. The van der Waals surface area contributed by atoms with E-state index in [1.54, 1.807) is 0 Å². The summed E-state index contributed by atoms with van der Waals surface area (Å²) in [4.78, 5) is 4.44. The molecule has 1 unspecified atom stereocenters. The number of aliphatic imine (C=N–C) groups is 1. The highest BCUT2D eigenvalue weighted by atomic mass is 32.2. The number of amidine groups is 1. The van der Waals surface area contributed by atoms with Crippen LogP contribution >= 0.6 is 11.8 Å². The fourth-order valence-electron chi connectivity index (χ4n) is 2.28. The van der Waals surface area contributed by atoms with Gasteiger partial charge >= 0.3 is 0 Å². The Bertz CT molecular complexity index is 401. The van der Waals surface area contributed by atoms with Gasteiger partial charge in [0.15, 0.2) is 5.17 Å². The van der Waals surface area contributed by atoms with Crippen LogP contribution in [0, 0.1) is 0 Å². The second-order valence-electron chi connectivity index (χ2n) is 3.97. The van der Waals surface area contributed by atoms with E-state index in [0.29, 0.717) is 6.04 Å². The molecule has 3 heteroatoms. The van der Waals surface area contributed by atoms with Crippen molar-refractivity contribution in [1.82, 2.24) is 5.32 Å². The Kier molecular flexibility index (Phi) is 4.49. The van der Waals surface area contributed by atoms with Crippen molar-refractivity contribution in [2.45, 2.75) is 32.7 Å². The second-order valence-corrected chi connectivity index (χ2v) is 5.05. The zero-order valence-electron chi connectivity index (χ0n) is 10.6. The van der Waals surface area contributed by atoms with E-state index in [1.165, 1.54) is 24.0 Å². The average molecular weight is 248 g/mol. The number of nitrogens with one attached hydrogen (secondary N) is 1. The van der Waals surface area contributed by atoms with Gasteiger partial charge in [0.1, 0.15) is 0 Å². The van der Waals surface area contributed by atoms with Crippen LogP contribution in [0.4, 0.5) is 0 Å². The van der Waals surface area contributed by atoms with Crippen molar-refractivity contribution in [3.63, 3.8) is 0 Å². The third-order valence-corrected chi connectivity index (χ3v) is 3.92. The van der Waals surface area contributed by atoms with E-state index in [9.17, 15) is 0 Å². The van der Waals surface area contributed by atoms with Crippen LogP contribution in [0.25, 0.3) is 0 Å². The first-order valence-corrected chi connectivity index (χ1v) is 7.43. The van der Waals surface area contributed by atoms with Crippen LogP contribution < -0.4 is 5.32 Å². The average Bonchev–Trinajstić information content (AvgIpc) is 3.03. The van der Waals surface area contributed by atoms with Crippen molar-refractivity contribution in [1.29, 1.82) is 0 Å². The first-order valence-electron chi connectivity index (χ1n) is 6.45. The molecule has 1 aliphatic carbocycles. The summed E-state index contributed by atoms with van der Waals surface area (Å²) in [6.45, 7) is 4.97.